The second-order valence-electron chi connectivity index (χ2n) is 10.5. The summed E-state index contributed by atoms with van der Waals surface area (Å²) in [6.45, 7) is 1.92. The third kappa shape index (κ3) is 7.85. The van der Waals surface area contributed by atoms with Crippen molar-refractivity contribution in [3.05, 3.63) is 118 Å². The number of hydrogen-bond donors (Lipinski definition) is 2. The average molecular weight is 583 g/mol. The third-order valence-electron chi connectivity index (χ3n) is 7.23. The number of rotatable bonds is 15. The van der Waals surface area contributed by atoms with Crippen molar-refractivity contribution in [2.75, 3.05) is 25.0 Å². The van der Waals surface area contributed by atoms with Gasteiger partial charge in [-0.2, -0.15) is 0 Å². The van der Waals surface area contributed by atoms with Gasteiger partial charge in [-0.05, 0) is 66.5 Å². The number of anilines is 1. The van der Waals surface area contributed by atoms with E-state index in [-0.39, 0.29) is 18.1 Å². The van der Waals surface area contributed by atoms with Crippen molar-refractivity contribution >= 4 is 34.7 Å². The van der Waals surface area contributed by atoms with Gasteiger partial charge in [0.15, 0.2) is 5.78 Å². The predicted molar refractivity (Wildman–Crippen MR) is 165 cm³/mol. The van der Waals surface area contributed by atoms with Gasteiger partial charge in [0.1, 0.15) is 11.8 Å². The van der Waals surface area contributed by atoms with E-state index < -0.39 is 12.0 Å². The first kappa shape index (κ1) is 29.1. The molecule has 0 spiro atoms. The molecular formula is C34H34N2O5S. The van der Waals surface area contributed by atoms with E-state index in [0.29, 0.717) is 41.6 Å². The van der Waals surface area contributed by atoms with Crippen LogP contribution < -0.4 is 10.1 Å². The maximum absolute atomic E-state index is 13.1. The first-order valence-electron chi connectivity index (χ1n) is 14.2. The first-order valence-corrected chi connectivity index (χ1v) is 15.1. The van der Waals surface area contributed by atoms with E-state index in [1.54, 1.807) is 48.5 Å². The van der Waals surface area contributed by atoms with Crippen molar-refractivity contribution in [3.63, 3.8) is 0 Å². The van der Waals surface area contributed by atoms with Gasteiger partial charge >= 0.3 is 5.97 Å². The summed E-state index contributed by atoms with van der Waals surface area (Å²) in [5.41, 5.74) is 2.27. The zero-order valence-electron chi connectivity index (χ0n) is 23.3. The lowest BCUT2D eigenvalue weighted by atomic mass is 10.00. The molecule has 1 aliphatic carbocycles. The molecule has 216 valence electrons. The number of carbonyl (C=O) groups is 3. The topological polar surface area (TPSA) is 95.9 Å². The van der Waals surface area contributed by atoms with Crippen LogP contribution >= 0.6 is 11.3 Å². The molecule has 0 bridgehead atoms. The van der Waals surface area contributed by atoms with Gasteiger partial charge in [-0.25, -0.2) is 4.79 Å². The van der Waals surface area contributed by atoms with E-state index in [9.17, 15) is 19.5 Å². The molecule has 1 atom stereocenters. The number of ether oxygens (including phenoxy) is 1. The molecule has 1 aliphatic rings. The zero-order valence-corrected chi connectivity index (χ0v) is 24.1. The number of benzene rings is 3. The molecule has 4 aromatic rings. The molecule has 0 unspecified atom stereocenters. The minimum absolute atomic E-state index is 0.0925. The van der Waals surface area contributed by atoms with Crippen molar-refractivity contribution in [1.82, 2.24) is 4.90 Å². The Balaban J connectivity index is 1.15. The molecule has 2 N–H and O–H groups in total. The van der Waals surface area contributed by atoms with Gasteiger partial charge in [0.05, 0.1) is 11.5 Å². The van der Waals surface area contributed by atoms with Crippen LogP contribution in [0, 0.1) is 5.92 Å². The van der Waals surface area contributed by atoms with Crippen LogP contribution in [-0.2, 0) is 11.2 Å². The number of hydrogen-bond acceptors (Lipinski definition) is 6. The van der Waals surface area contributed by atoms with Crippen molar-refractivity contribution < 1.29 is 24.2 Å². The number of ketones is 1. The van der Waals surface area contributed by atoms with Crippen LogP contribution in [0.15, 0.2) is 96.4 Å². The fourth-order valence-electron chi connectivity index (χ4n) is 4.79. The number of amides is 1. The number of nitrogens with one attached hydrogen (secondary N) is 1. The number of carboxylic acids is 1. The van der Waals surface area contributed by atoms with E-state index in [2.05, 4.69) is 5.32 Å². The minimum atomic E-state index is -1.01. The second kappa shape index (κ2) is 14.0. The van der Waals surface area contributed by atoms with Gasteiger partial charge in [-0.15, -0.1) is 11.3 Å². The highest BCUT2D eigenvalue weighted by Gasteiger charge is 2.27. The maximum Gasteiger partial charge on any atom is 0.326 e. The Morgan fingerprint density at radius 1 is 0.929 bits per heavy atom. The van der Waals surface area contributed by atoms with Crippen LogP contribution in [0.2, 0.25) is 0 Å². The summed E-state index contributed by atoms with van der Waals surface area (Å²) in [5, 5.41) is 14.9. The summed E-state index contributed by atoms with van der Waals surface area (Å²) in [6.07, 6.45) is 3.32. The summed E-state index contributed by atoms with van der Waals surface area (Å²) in [7, 11) is 0. The van der Waals surface area contributed by atoms with Crippen LogP contribution in [0.1, 0.15) is 50.4 Å². The normalized spacial score (nSPS) is 13.2. The SMILES string of the molecule is O=C(c1ccccc1)c1ccccc1N[C@@H](Cc1ccc(OCCCN(CC2CC2)C(=O)c2cccs2)cc1)C(=O)O. The molecule has 7 nitrogen and oxygen atoms in total. The molecule has 1 fully saturated rings. The molecule has 0 saturated heterocycles. The van der Waals surface area contributed by atoms with E-state index >= 15 is 0 Å². The maximum atomic E-state index is 13.1. The molecule has 0 aliphatic heterocycles. The lowest BCUT2D eigenvalue weighted by molar-refractivity contribution is -0.137. The lowest BCUT2D eigenvalue weighted by Crippen LogP contribution is -2.34. The fraction of sp³-hybridized carbons (Fsp3) is 0.265. The highest BCUT2D eigenvalue weighted by Crippen LogP contribution is 2.30. The van der Waals surface area contributed by atoms with Crippen LogP contribution in [0.3, 0.4) is 0 Å². The van der Waals surface area contributed by atoms with Crippen molar-refractivity contribution in [2.24, 2.45) is 5.92 Å². The number of thiophene rings is 1. The van der Waals surface area contributed by atoms with Gasteiger partial charge in [0.2, 0.25) is 0 Å². The van der Waals surface area contributed by atoms with Crippen LogP contribution in [0.4, 0.5) is 5.69 Å². The number of para-hydroxylation sites is 1. The molecular weight excluding hydrogens is 548 g/mol. The van der Waals surface area contributed by atoms with Gasteiger partial charge < -0.3 is 20.1 Å². The number of carbonyl (C=O) groups excluding carboxylic acids is 2. The Morgan fingerprint density at radius 3 is 2.36 bits per heavy atom. The summed E-state index contributed by atoms with van der Waals surface area (Å²) in [5.74, 6) is 0.218. The molecule has 1 saturated carbocycles. The zero-order chi connectivity index (χ0) is 29.3. The smallest absolute Gasteiger partial charge is 0.326 e. The first-order chi connectivity index (χ1) is 20.5. The van der Waals surface area contributed by atoms with E-state index in [4.69, 9.17) is 4.74 Å². The highest BCUT2D eigenvalue weighted by atomic mass is 32.1. The lowest BCUT2D eigenvalue weighted by Gasteiger charge is -2.22. The highest BCUT2D eigenvalue weighted by molar-refractivity contribution is 7.12. The average Bonchev–Trinajstić information content (AvgIpc) is 3.67. The Morgan fingerprint density at radius 2 is 1.67 bits per heavy atom. The molecule has 42 heavy (non-hydrogen) atoms. The number of carboxylic acid groups (broad SMARTS) is 1. The van der Waals surface area contributed by atoms with E-state index in [1.165, 1.54) is 24.2 Å². The summed E-state index contributed by atoms with van der Waals surface area (Å²) >= 11 is 1.47. The van der Waals surface area contributed by atoms with Crippen molar-refractivity contribution in [2.45, 2.75) is 31.7 Å². The van der Waals surface area contributed by atoms with Gasteiger partial charge in [-0.1, -0.05) is 60.7 Å². The van der Waals surface area contributed by atoms with E-state index in [1.807, 2.05) is 52.7 Å². The third-order valence-corrected chi connectivity index (χ3v) is 8.09. The summed E-state index contributed by atoms with van der Waals surface area (Å²) in [4.78, 5) is 40.8. The molecule has 3 aromatic carbocycles. The molecule has 1 aromatic heterocycles. The monoisotopic (exact) mass is 582 g/mol. The molecule has 8 heteroatoms. The van der Waals surface area contributed by atoms with Crippen molar-refractivity contribution in [1.29, 1.82) is 0 Å². The van der Waals surface area contributed by atoms with Gasteiger partial charge in [-0.3, -0.25) is 9.59 Å². The van der Waals surface area contributed by atoms with Crippen LogP contribution in [0.25, 0.3) is 0 Å². The van der Waals surface area contributed by atoms with Crippen LogP contribution in [0.5, 0.6) is 5.75 Å². The summed E-state index contributed by atoms with van der Waals surface area (Å²) < 4.78 is 5.93. The van der Waals surface area contributed by atoms with Gasteiger partial charge in [0, 0.05) is 36.3 Å². The largest absolute Gasteiger partial charge is 0.494 e. The van der Waals surface area contributed by atoms with Crippen molar-refractivity contribution in [3.8, 4) is 5.75 Å². The molecule has 0 radical (unpaired) electrons. The summed E-state index contributed by atoms with van der Waals surface area (Å²) in [6, 6.07) is 26.1. The Bertz CT molecular complexity index is 1480. The molecule has 5 rings (SSSR count). The standard InChI is InChI=1S/C34H34N2O5S/c37-32(26-8-2-1-3-9-26)28-10-4-5-11-29(28)35-30(34(39)40)22-24-15-17-27(18-16-24)41-20-7-19-36(23-25-13-14-25)33(38)31-12-6-21-42-31/h1-6,8-12,15-18,21,25,30,35H,7,13-14,19-20,22-23H2,(H,39,40)/t30-/m0/s1. The van der Waals surface area contributed by atoms with E-state index in [0.717, 1.165) is 23.4 Å². The second-order valence-corrected chi connectivity index (χ2v) is 11.4. The minimum Gasteiger partial charge on any atom is -0.494 e. The Hall–Kier alpha value is -4.43. The number of aliphatic carboxylic acids is 1. The Labute approximate surface area is 249 Å². The number of nitrogens with zero attached hydrogens (tertiary/aromatic N) is 1. The predicted octanol–water partition coefficient (Wildman–Crippen LogP) is 6.41. The van der Waals surface area contributed by atoms with Crippen LogP contribution in [-0.4, -0.2) is 53.4 Å². The van der Waals surface area contributed by atoms with Gasteiger partial charge in [0.25, 0.3) is 5.91 Å². The quantitative estimate of drug-likeness (QED) is 0.124. The fourth-order valence-corrected chi connectivity index (χ4v) is 5.48. The Kier molecular flexibility index (Phi) is 9.66. The molecule has 1 heterocycles. The molecule has 1 amide bonds.